The van der Waals surface area contributed by atoms with Gasteiger partial charge in [0.2, 0.25) is 0 Å². The van der Waals surface area contributed by atoms with Gasteiger partial charge >= 0.3 is 0 Å². The first-order valence-corrected chi connectivity index (χ1v) is 11.4. The molecule has 1 aromatic heterocycles. The quantitative estimate of drug-likeness (QED) is 0.328. The van der Waals surface area contributed by atoms with Crippen LogP contribution in [0.2, 0.25) is 0 Å². The zero-order valence-corrected chi connectivity index (χ0v) is 17.5. The Bertz CT molecular complexity index is 355. The van der Waals surface area contributed by atoms with E-state index < -0.39 is 0 Å². The molecular weight excluding hydrogens is 310 g/mol. The van der Waals surface area contributed by atoms with Crippen LogP contribution in [0.5, 0.6) is 0 Å². The fraction of sp³-hybridized carbons (Fsp3) is 0.818. The molecule has 1 rings (SSSR count). The third-order valence-electron chi connectivity index (χ3n) is 5.37. The van der Waals surface area contributed by atoms with Crippen LogP contribution in [-0.2, 0) is 6.42 Å². The summed E-state index contributed by atoms with van der Waals surface area (Å²) in [6.07, 6.45) is 12.2. The summed E-state index contributed by atoms with van der Waals surface area (Å²) in [5.41, 5.74) is 0. The largest absolute Gasteiger partial charge is 0.302 e. The van der Waals surface area contributed by atoms with Crippen LogP contribution in [0, 0.1) is 11.8 Å². The van der Waals surface area contributed by atoms with Crippen molar-refractivity contribution in [2.45, 2.75) is 85.5 Å². The van der Waals surface area contributed by atoms with Crippen molar-refractivity contribution in [1.29, 1.82) is 0 Å². The van der Waals surface area contributed by atoms with Crippen LogP contribution < -0.4 is 0 Å². The molecule has 0 aliphatic heterocycles. The monoisotopic (exact) mass is 351 g/mol. The van der Waals surface area contributed by atoms with Gasteiger partial charge in [0.1, 0.15) is 0 Å². The maximum absolute atomic E-state index is 2.80. The standard InChI is InChI=1S/C22H41NS/c1-5-9-12-20(7-3)18-23(16-15-22-14-11-17-24-22)19-21(8-4)13-10-6-2/h11,14,17,20-21H,5-10,12-13,15-16,18-19H2,1-4H3. The highest BCUT2D eigenvalue weighted by Gasteiger charge is 2.17. The average Bonchev–Trinajstić information content (AvgIpc) is 3.12. The van der Waals surface area contributed by atoms with Crippen molar-refractivity contribution in [3.05, 3.63) is 22.4 Å². The Morgan fingerprint density at radius 2 is 1.50 bits per heavy atom. The van der Waals surface area contributed by atoms with Gasteiger partial charge in [0.15, 0.2) is 0 Å². The smallest absolute Gasteiger partial charge is 0.00579 e. The van der Waals surface area contributed by atoms with E-state index in [-0.39, 0.29) is 0 Å². The van der Waals surface area contributed by atoms with E-state index >= 15 is 0 Å². The summed E-state index contributed by atoms with van der Waals surface area (Å²) < 4.78 is 0. The third-order valence-corrected chi connectivity index (χ3v) is 6.31. The van der Waals surface area contributed by atoms with Gasteiger partial charge < -0.3 is 4.90 Å². The van der Waals surface area contributed by atoms with E-state index in [0.29, 0.717) is 0 Å². The SMILES string of the molecule is CCCCC(CC)CN(CCc1cccs1)CC(CC)CCCC. The summed E-state index contributed by atoms with van der Waals surface area (Å²) in [7, 11) is 0. The van der Waals surface area contributed by atoms with Crippen molar-refractivity contribution >= 4 is 11.3 Å². The Balaban J connectivity index is 2.58. The summed E-state index contributed by atoms with van der Waals surface area (Å²) in [5, 5.41) is 2.21. The van der Waals surface area contributed by atoms with Gasteiger partial charge in [0.25, 0.3) is 0 Å². The second-order valence-electron chi connectivity index (χ2n) is 7.42. The van der Waals surface area contributed by atoms with Crippen LogP contribution in [0.4, 0.5) is 0 Å². The van der Waals surface area contributed by atoms with E-state index in [4.69, 9.17) is 0 Å². The van der Waals surface area contributed by atoms with Crippen LogP contribution in [0.1, 0.15) is 83.9 Å². The predicted molar refractivity (Wildman–Crippen MR) is 111 cm³/mol. The van der Waals surface area contributed by atoms with Gasteiger partial charge in [-0.05, 0) is 42.5 Å². The first-order valence-electron chi connectivity index (χ1n) is 10.5. The Hall–Kier alpha value is -0.340. The molecule has 0 amide bonds. The molecule has 2 unspecified atom stereocenters. The Morgan fingerprint density at radius 3 is 1.92 bits per heavy atom. The molecule has 24 heavy (non-hydrogen) atoms. The van der Waals surface area contributed by atoms with Crippen molar-refractivity contribution in [2.75, 3.05) is 19.6 Å². The summed E-state index contributed by atoms with van der Waals surface area (Å²) in [4.78, 5) is 4.34. The fourth-order valence-electron chi connectivity index (χ4n) is 3.55. The molecule has 0 aliphatic carbocycles. The van der Waals surface area contributed by atoms with Crippen LogP contribution in [0.3, 0.4) is 0 Å². The second-order valence-corrected chi connectivity index (χ2v) is 8.45. The Morgan fingerprint density at radius 1 is 0.917 bits per heavy atom. The number of rotatable bonds is 15. The van der Waals surface area contributed by atoms with Crippen molar-refractivity contribution in [2.24, 2.45) is 11.8 Å². The van der Waals surface area contributed by atoms with Crippen molar-refractivity contribution in [3.63, 3.8) is 0 Å². The highest BCUT2D eigenvalue weighted by molar-refractivity contribution is 7.09. The van der Waals surface area contributed by atoms with Crippen molar-refractivity contribution in [3.8, 4) is 0 Å². The molecule has 0 spiro atoms. The van der Waals surface area contributed by atoms with E-state index in [1.54, 1.807) is 4.88 Å². The molecule has 140 valence electrons. The molecular formula is C22H41NS. The summed E-state index contributed by atoms with van der Waals surface area (Å²) in [5.74, 6) is 1.77. The molecule has 0 bridgehead atoms. The number of unbranched alkanes of at least 4 members (excludes halogenated alkanes) is 2. The minimum Gasteiger partial charge on any atom is -0.302 e. The number of thiophene rings is 1. The first-order chi connectivity index (χ1) is 11.7. The van der Waals surface area contributed by atoms with Gasteiger partial charge in [-0.1, -0.05) is 72.3 Å². The van der Waals surface area contributed by atoms with Crippen LogP contribution in [-0.4, -0.2) is 24.5 Å². The van der Waals surface area contributed by atoms with E-state index in [2.05, 4.69) is 50.1 Å². The van der Waals surface area contributed by atoms with Gasteiger partial charge in [0, 0.05) is 24.5 Å². The number of hydrogen-bond acceptors (Lipinski definition) is 2. The summed E-state index contributed by atoms with van der Waals surface area (Å²) >= 11 is 1.92. The lowest BCUT2D eigenvalue weighted by atomic mass is 9.95. The average molecular weight is 352 g/mol. The molecule has 2 heteroatoms. The van der Waals surface area contributed by atoms with Crippen LogP contribution in [0.15, 0.2) is 17.5 Å². The lowest BCUT2D eigenvalue weighted by molar-refractivity contribution is 0.183. The maximum atomic E-state index is 2.80. The van der Waals surface area contributed by atoms with Gasteiger partial charge in [-0.2, -0.15) is 0 Å². The molecule has 1 heterocycles. The van der Waals surface area contributed by atoms with Crippen molar-refractivity contribution in [1.82, 2.24) is 4.90 Å². The molecule has 0 saturated heterocycles. The Kier molecular flexibility index (Phi) is 12.6. The molecule has 0 aromatic carbocycles. The van der Waals surface area contributed by atoms with Crippen LogP contribution in [0.25, 0.3) is 0 Å². The molecule has 0 fully saturated rings. The van der Waals surface area contributed by atoms with Crippen molar-refractivity contribution < 1.29 is 0 Å². The molecule has 1 nitrogen and oxygen atoms in total. The molecule has 0 N–H and O–H groups in total. The van der Waals surface area contributed by atoms with Gasteiger partial charge in [-0.15, -0.1) is 11.3 Å². The van der Waals surface area contributed by atoms with E-state index in [9.17, 15) is 0 Å². The minimum absolute atomic E-state index is 0.886. The molecule has 0 saturated carbocycles. The third kappa shape index (κ3) is 9.22. The summed E-state index contributed by atoms with van der Waals surface area (Å²) in [6, 6.07) is 4.49. The van der Waals surface area contributed by atoms with Gasteiger partial charge in [-0.3, -0.25) is 0 Å². The normalized spacial score (nSPS) is 14.2. The number of nitrogens with zero attached hydrogens (tertiary/aromatic N) is 1. The van der Waals surface area contributed by atoms with Gasteiger partial charge in [0.05, 0.1) is 0 Å². The Labute approximate surface area is 155 Å². The lowest BCUT2D eigenvalue weighted by Gasteiger charge is -2.30. The van der Waals surface area contributed by atoms with Gasteiger partial charge in [-0.25, -0.2) is 0 Å². The lowest BCUT2D eigenvalue weighted by Crippen LogP contribution is -2.35. The predicted octanol–water partition coefficient (Wildman–Crippen LogP) is 7.03. The van der Waals surface area contributed by atoms with E-state index in [1.807, 2.05) is 11.3 Å². The first kappa shape index (κ1) is 21.7. The van der Waals surface area contributed by atoms with E-state index in [0.717, 1.165) is 11.8 Å². The zero-order chi connectivity index (χ0) is 17.6. The molecule has 0 radical (unpaired) electrons. The van der Waals surface area contributed by atoms with Crippen LogP contribution >= 0.6 is 11.3 Å². The second kappa shape index (κ2) is 13.9. The zero-order valence-electron chi connectivity index (χ0n) is 16.7. The highest BCUT2D eigenvalue weighted by atomic mass is 32.1. The fourth-order valence-corrected chi connectivity index (χ4v) is 4.24. The number of hydrogen-bond donors (Lipinski definition) is 0. The molecule has 1 aromatic rings. The van der Waals surface area contributed by atoms with E-state index in [1.165, 1.54) is 77.4 Å². The maximum Gasteiger partial charge on any atom is 0.00579 e. The molecule has 2 atom stereocenters. The topological polar surface area (TPSA) is 3.24 Å². The minimum atomic E-state index is 0.886. The highest BCUT2D eigenvalue weighted by Crippen LogP contribution is 2.20. The molecule has 0 aliphatic rings. The summed E-state index contributed by atoms with van der Waals surface area (Å²) in [6.45, 7) is 13.3.